The van der Waals surface area contributed by atoms with E-state index in [4.69, 9.17) is 10.5 Å². The molecule has 6 nitrogen and oxygen atoms in total. The number of hydrogen-bond donors (Lipinski definition) is 3. The van der Waals surface area contributed by atoms with Crippen molar-refractivity contribution in [1.82, 2.24) is 4.98 Å². The van der Waals surface area contributed by atoms with Crippen LogP contribution in [0.2, 0.25) is 0 Å². The van der Waals surface area contributed by atoms with Crippen molar-refractivity contribution in [3.8, 4) is 11.6 Å². The molecule has 0 aliphatic heterocycles. The maximum absolute atomic E-state index is 11.7. The van der Waals surface area contributed by atoms with Crippen LogP contribution in [0.1, 0.15) is 47.3 Å². The van der Waals surface area contributed by atoms with Gasteiger partial charge in [0.05, 0.1) is 11.8 Å². The Morgan fingerprint density at radius 2 is 1.96 bits per heavy atom. The zero-order valence-electron chi connectivity index (χ0n) is 14.1. The molecule has 1 aliphatic rings. The van der Waals surface area contributed by atoms with E-state index < -0.39 is 17.6 Å². The molecule has 1 aromatic carbocycles. The zero-order valence-corrected chi connectivity index (χ0v) is 14.1. The fourth-order valence-corrected chi connectivity index (χ4v) is 3.10. The van der Waals surface area contributed by atoms with Gasteiger partial charge in [-0.25, -0.2) is 4.98 Å². The van der Waals surface area contributed by atoms with Crippen molar-refractivity contribution in [3.63, 3.8) is 0 Å². The van der Waals surface area contributed by atoms with Crippen molar-refractivity contribution in [1.29, 1.82) is 0 Å². The fourth-order valence-electron chi connectivity index (χ4n) is 3.10. The summed E-state index contributed by atoms with van der Waals surface area (Å²) in [6.07, 6.45) is 1.65. The zero-order chi connectivity index (χ0) is 18.0. The number of carbonyl (C=O) groups excluding carboxylic acids is 1. The molecule has 1 aliphatic carbocycles. The molecule has 1 amide bonds. The summed E-state index contributed by atoms with van der Waals surface area (Å²) in [5.41, 5.74) is 5.45. The maximum atomic E-state index is 11.7. The minimum atomic E-state index is -1.44. The number of nitrogens with zero attached hydrogens (tertiary/aromatic N) is 1. The summed E-state index contributed by atoms with van der Waals surface area (Å²) < 4.78 is 5.73. The highest BCUT2D eigenvalue weighted by Gasteiger charge is 2.41. The number of amides is 1. The largest absolute Gasteiger partial charge is 0.438 e. The molecule has 132 valence electrons. The molecule has 1 fully saturated rings. The predicted octanol–water partition coefficient (Wildman–Crippen LogP) is 2.40. The van der Waals surface area contributed by atoms with Crippen LogP contribution in [0.3, 0.4) is 0 Å². The van der Waals surface area contributed by atoms with Gasteiger partial charge in [-0.2, -0.15) is 0 Å². The molecule has 0 spiro atoms. The molecule has 0 saturated heterocycles. The third-order valence-electron chi connectivity index (χ3n) is 4.64. The molecule has 2 aromatic rings. The van der Waals surface area contributed by atoms with Gasteiger partial charge in [-0.05, 0) is 50.5 Å². The molecule has 0 bridgehead atoms. The summed E-state index contributed by atoms with van der Waals surface area (Å²) in [5, 5.41) is 21.1. The summed E-state index contributed by atoms with van der Waals surface area (Å²) in [5.74, 6) is -0.133. The first-order valence-corrected chi connectivity index (χ1v) is 8.36. The van der Waals surface area contributed by atoms with Gasteiger partial charge in [0.2, 0.25) is 5.88 Å². The number of aromatic nitrogens is 1. The number of aliphatic hydroxyl groups excluding tert-OH is 1. The number of nitrogens with two attached hydrogens (primary N) is 1. The number of carbonyl (C=O) groups is 1. The summed E-state index contributed by atoms with van der Waals surface area (Å²) in [4.78, 5) is 16.0. The van der Waals surface area contributed by atoms with E-state index >= 15 is 0 Å². The minimum absolute atomic E-state index is 0.0278. The van der Waals surface area contributed by atoms with Gasteiger partial charge in [0.15, 0.2) is 0 Å². The van der Waals surface area contributed by atoms with E-state index in [-0.39, 0.29) is 17.1 Å². The number of primary amides is 1. The molecule has 6 heteroatoms. The highest BCUT2D eigenvalue weighted by atomic mass is 16.5. The Balaban J connectivity index is 2.00. The van der Waals surface area contributed by atoms with Crippen LogP contribution in [-0.2, 0) is 5.60 Å². The molecule has 3 rings (SSSR count). The van der Waals surface area contributed by atoms with Gasteiger partial charge >= 0.3 is 0 Å². The quantitative estimate of drug-likeness (QED) is 0.791. The number of benzene rings is 1. The second-order valence-electron chi connectivity index (χ2n) is 6.51. The molecule has 25 heavy (non-hydrogen) atoms. The van der Waals surface area contributed by atoms with E-state index in [1.54, 1.807) is 12.1 Å². The van der Waals surface area contributed by atoms with Crippen molar-refractivity contribution >= 4 is 5.91 Å². The molecular weight excluding hydrogens is 320 g/mol. The van der Waals surface area contributed by atoms with Crippen molar-refractivity contribution in [2.75, 3.05) is 0 Å². The first kappa shape index (κ1) is 17.4. The van der Waals surface area contributed by atoms with Gasteiger partial charge < -0.3 is 20.7 Å². The second-order valence-corrected chi connectivity index (χ2v) is 6.51. The van der Waals surface area contributed by atoms with E-state index in [2.05, 4.69) is 4.98 Å². The van der Waals surface area contributed by atoms with Crippen molar-refractivity contribution in [2.24, 2.45) is 5.73 Å². The maximum Gasteiger partial charge on any atom is 0.254 e. The highest BCUT2D eigenvalue weighted by molar-refractivity contribution is 5.95. The van der Waals surface area contributed by atoms with E-state index in [0.717, 1.165) is 18.4 Å². The summed E-state index contributed by atoms with van der Waals surface area (Å²) >= 11 is 0. The normalized spacial score (nSPS) is 23.2. The molecule has 2 unspecified atom stereocenters. The summed E-state index contributed by atoms with van der Waals surface area (Å²) in [6.45, 7) is 1.96. The van der Waals surface area contributed by atoms with E-state index in [9.17, 15) is 15.0 Å². The molecule has 4 N–H and O–H groups in total. The van der Waals surface area contributed by atoms with Crippen LogP contribution in [0.4, 0.5) is 0 Å². The number of rotatable bonds is 4. The Hall–Kier alpha value is -2.44. The van der Waals surface area contributed by atoms with Crippen LogP contribution in [0.5, 0.6) is 11.6 Å². The molecular formula is C19H22N2O4. The number of pyridine rings is 1. The monoisotopic (exact) mass is 342 g/mol. The van der Waals surface area contributed by atoms with Crippen LogP contribution in [0.25, 0.3) is 0 Å². The van der Waals surface area contributed by atoms with E-state index in [1.807, 2.05) is 19.1 Å². The molecule has 1 heterocycles. The average Bonchev–Trinajstić information content (AvgIpc) is 2.59. The SMILES string of the molecule is Cc1ccc(Oc2nc(C3(O)CCCCC3O)ccc2C(N)=O)cc1. The number of aliphatic hydroxyl groups is 2. The van der Waals surface area contributed by atoms with Crippen LogP contribution < -0.4 is 10.5 Å². The van der Waals surface area contributed by atoms with E-state index in [0.29, 0.717) is 18.6 Å². The van der Waals surface area contributed by atoms with Gasteiger partial charge in [-0.15, -0.1) is 0 Å². The number of ether oxygens (including phenoxy) is 1. The Morgan fingerprint density at radius 1 is 1.24 bits per heavy atom. The Bertz CT molecular complexity index is 775. The number of hydrogen-bond acceptors (Lipinski definition) is 5. The van der Waals surface area contributed by atoms with Crippen LogP contribution in [0.15, 0.2) is 36.4 Å². The Labute approximate surface area is 146 Å². The Kier molecular flexibility index (Phi) is 4.74. The van der Waals surface area contributed by atoms with Gasteiger partial charge in [0, 0.05) is 0 Å². The third-order valence-corrected chi connectivity index (χ3v) is 4.64. The Morgan fingerprint density at radius 3 is 2.60 bits per heavy atom. The van der Waals surface area contributed by atoms with E-state index in [1.165, 1.54) is 12.1 Å². The van der Waals surface area contributed by atoms with Crippen molar-refractivity contribution in [3.05, 3.63) is 53.2 Å². The lowest BCUT2D eigenvalue weighted by atomic mass is 9.79. The lowest BCUT2D eigenvalue weighted by molar-refractivity contribution is -0.108. The van der Waals surface area contributed by atoms with Crippen LogP contribution in [0, 0.1) is 6.92 Å². The van der Waals surface area contributed by atoms with Crippen LogP contribution >= 0.6 is 0 Å². The number of aryl methyl sites for hydroxylation is 1. The van der Waals surface area contributed by atoms with Gasteiger partial charge in [0.25, 0.3) is 5.91 Å². The van der Waals surface area contributed by atoms with Crippen LogP contribution in [-0.4, -0.2) is 27.2 Å². The van der Waals surface area contributed by atoms with Gasteiger partial charge in [0.1, 0.15) is 16.9 Å². The van der Waals surface area contributed by atoms with Gasteiger partial charge in [-0.3, -0.25) is 4.79 Å². The molecule has 1 aromatic heterocycles. The second kappa shape index (κ2) is 6.82. The molecule has 1 saturated carbocycles. The first-order chi connectivity index (χ1) is 11.9. The summed E-state index contributed by atoms with van der Waals surface area (Å²) in [7, 11) is 0. The lowest BCUT2D eigenvalue weighted by Gasteiger charge is -2.36. The topological polar surface area (TPSA) is 106 Å². The minimum Gasteiger partial charge on any atom is -0.438 e. The molecule has 0 radical (unpaired) electrons. The smallest absolute Gasteiger partial charge is 0.254 e. The summed E-state index contributed by atoms with van der Waals surface area (Å²) in [6, 6.07) is 10.3. The average molecular weight is 342 g/mol. The van der Waals surface area contributed by atoms with Crippen molar-refractivity contribution < 1.29 is 19.7 Å². The fraction of sp³-hybridized carbons (Fsp3) is 0.368. The lowest BCUT2D eigenvalue weighted by Crippen LogP contribution is -2.42. The predicted molar refractivity (Wildman–Crippen MR) is 92.4 cm³/mol. The van der Waals surface area contributed by atoms with Crippen molar-refractivity contribution in [2.45, 2.75) is 44.3 Å². The highest BCUT2D eigenvalue weighted by Crippen LogP contribution is 2.38. The van der Waals surface area contributed by atoms with Gasteiger partial charge in [-0.1, -0.05) is 24.1 Å². The molecule has 2 atom stereocenters. The standard InChI is InChI=1S/C19H22N2O4/c1-12-5-7-13(8-6-12)25-18-14(17(20)23)9-10-15(21-18)19(24)11-3-2-4-16(19)22/h5-10,16,22,24H,2-4,11H2,1H3,(H2,20,23). The first-order valence-electron chi connectivity index (χ1n) is 8.36. The third kappa shape index (κ3) is 3.50.